The Hall–Kier alpha value is -4.30. The van der Waals surface area contributed by atoms with Crippen LogP contribution in [0.1, 0.15) is 34.5 Å². The number of halogens is 1. The highest BCUT2D eigenvalue weighted by molar-refractivity contribution is 6.33. The van der Waals surface area contributed by atoms with Gasteiger partial charge < -0.3 is 19.4 Å². The number of nitrogens with zero attached hydrogens (tertiary/aromatic N) is 2. The monoisotopic (exact) mass is 501 g/mol. The fourth-order valence-electron chi connectivity index (χ4n) is 5.17. The Morgan fingerprint density at radius 3 is 2.72 bits per heavy atom. The summed E-state index contributed by atoms with van der Waals surface area (Å²) in [4.78, 5) is 38.5. The zero-order valence-electron chi connectivity index (χ0n) is 19.3. The molecule has 1 atom stereocenters. The van der Waals surface area contributed by atoms with Gasteiger partial charge in [0.25, 0.3) is 5.91 Å². The zero-order valence-corrected chi connectivity index (χ0v) is 20.1. The first-order valence-electron chi connectivity index (χ1n) is 11.3. The highest BCUT2D eigenvalue weighted by Crippen LogP contribution is 2.47. The van der Waals surface area contributed by atoms with Gasteiger partial charge in [0.15, 0.2) is 0 Å². The number of carbonyl (C=O) groups is 3. The fourth-order valence-corrected chi connectivity index (χ4v) is 5.38. The van der Waals surface area contributed by atoms with Crippen molar-refractivity contribution in [2.45, 2.75) is 12.8 Å². The number of aromatic carboxylic acids is 1. The summed E-state index contributed by atoms with van der Waals surface area (Å²) in [7, 11) is 1.94. The van der Waals surface area contributed by atoms with Crippen molar-refractivity contribution in [1.82, 2.24) is 9.47 Å². The number of nitrogens with one attached hydrogen (secondary N) is 1. The van der Waals surface area contributed by atoms with Crippen LogP contribution in [-0.2, 0) is 16.6 Å². The molecule has 2 aliphatic rings. The van der Waals surface area contributed by atoms with Crippen LogP contribution in [-0.4, -0.2) is 38.9 Å². The molecule has 9 heteroatoms. The van der Waals surface area contributed by atoms with E-state index < -0.39 is 11.9 Å². The number of hydrogen-bond donors (Lipinski definition) is 2. The quantitative estimate of drug-likeness (QED) is 0.410. The number of aromatic nitrogens is 1. The number of hydrogen-bond acceptors (Lipinski definition) is 5. The lowest BCUT2D eigenvalue weighted by Gasteiger charge is -2.17. The molecule has 6 rings (SSSR count). The maximum absolute atomic E-state index is 13.5. The number of anilines is 1. The predicted molar refractivity (Wildman–Crippen MR) is 134 cm³/mol. The molecule has 2 N–H and O–H groups in total. The highest BCUT2D eigenvalue weighted by atomic mass is 35.5. The van der Waals surface area contributed by atoms with Crippen LogP contribution >= 0.6 is 11.6 Å². The summed E-state index contributed by atoms with van der Waals surface area (Å²) in [5.74, 6) is -1.51. The third-order valence-corrected chi connectivity index (χ3v) is 7.15. The predicted octanol–water partition coefficient (Wildman–Crippen LogP) is 4.99. The maximum atomic E-state index is 13.5. The number of aryl methyl sites for hydroxylation is 1. The van der Waals surface area contributed by atoms with Crippen molar-refractivity contribution >= 4 is 46.0 Å². The standard InChI is InChI=1S/C27H20ClN3O5/c1-13(32)31-12-19-25(26(31)33)24(16-11-30(2)20-5-3-4-18(29-19)23(16)20)22-9-8-21(36-22)15-10-14(27(34)35)6-7-17(15)28/h3-11,24,29H,12H2,1-2H3,(H,34,35)/t24-/m1/s1. The molecule has 2 aromatic carbocycles. The first-order valence-corrected chi connectivity index (χ1v) is 11.7. The van der Waals surface area contributed by atoms with E-state index in [0.717, 1.165) is 22.2 Å². The van der Waals surface area contributed by atoms with Crippen molar-refractivity contribution in [3.63, 3.8) is 0 Å². The van der Waals surface area contributed by atoms with Crippen LogP contribution in [0.5, 0.6) is 0 Å². The molecule has 2 aliphatic heterocycles. The SMILES string of the molecule is CC(=O)N1CC2=C(C1=O)[C@@H](c1ccc(-c3cc(C(=O)O)ccc3Cl)o1)c1cn(C)c3cccc(c13)N2. The lowest BCUT2D eigenvalue weighted by atomic mass is 9.88. The number of carboxylic acids is 1. The van der Waals surface area contributed by atoms with Gasteiger partial charge in [0.1, 0.15) is 11.5 Å². The second kappa shape index (κ2) is 7.86. The molecular weight excluding hydrogens is 482 g/mol. The number of imide groups is 1. The van der Waals surface area contributed by atoms with Crippen LogP contribution in [0, 0.1) is 0 Å². The van der Waals surface area contributed by atoms with Gasteiger partial charge in [-0.1, -0.05) is 17.7 Å². The highest BCUT2D eigenvalue weighted by Gasteiger charge is 2.42. The minimum absolute atomic E-state index is 0.0813. The molecule has 36 heavy (non-hydrogen) atoms. The van der Waals surface area contributed by atoms with Crippen LogP contribution in [0.3, 0.4) is 0 Å². The molecule has 0 saturated carbocycles. The van der Waals surface area contributed by atoms with Gasteiger partial charge in [0, 0.05) is 42.5 Å². The van der Waals surface area contributed by atoms with E-state index in [1.54, 1.807) is 12.1 Å². The topological polar surface area (TPSA) is 105 Å². The van der Waals surface area contributed by atoms with E-state index in [9.17, 15) is 19.5 Å². The normalized spacial score (nSPS) is 16.8. The van der Waals surface area contributed by atoms with Gasteiger partial charge in [-0.2, -0.15) is 0 Å². The molecule has 2 aromatic heterocycles. The molecule has 2 amide bonds. The van der Waals surface area contributed by atoms with Crippen molar-refractivity contribution in [2.75, 3.05) is 11.9 Å². The number of carboxylic acid groups (broad SMARTS) is 1. The molecule has 0 bridgehead atoms. The van der Waals surface area contributed by atoms with E-state index >= 15 is 0 Å². The lowest BCUT2D eigenvalue weighted by Crippen LogP contribution is -2.33. The fraction of sp³-hybridized carbons (Fsp3) is 0.148. The molecule has 4 heterocycles. The molecule has 0 radical (unpaired) electrons. The van der Waals surface area contributed by atoms with E-state index in [1.165, 1.54) is 30.0 Å². The number of amides is 2. The van der Waals surface area contributed by atoms with Crippen molar-refractivity contribution in [3.8, 4) is 11.3 Å². The summed E-state index contributed by atoms with van der Waals surface area (Å²) in [5.41, 5.74) is 4.31. The molecule has 8 nitrogen and oxygen atoms in total. The van der Waals surface area contributed by atoms with Crippen molar-refractivity contribution in [1.29, 1.82) is 0 Å². The van der Waals surface area contributed by atoms with Gasteiger partial charge in [-0.05, 0) is 48.0 Å². The lowest BCUT2D eigenvalue weighted by molar-refractivity contribution is -0.139. The summed E-state index contributed by atoms with van der Waals surface area (Å²) < 4.78 is 8.28. The molecule has 4 aromatic rings. The summed E-state index contributed by atoms with van der Waals surface area (Å²) >= 11 is 6.38. The zero-order chi connectivity index (χ0) is 25.3. The van der Waals surface area contributed by atoms with Gasteiger partial charge in [0.2, 0.25) is 5.91 Å². The average molecular weight is 502 g/mol. The van der Waals surface area contributed by atoms with E-state index in [2.05, 4.69) is 5.32 Å². The van der Waals surface area contributed by atoms with Crippen molar-refractivity contribution < 1.29 is 23.9 Å². The Morgan fingerprint density at radius 1 is 1.17 bits per heavy atom. The molecule has 0 unspecified atom stereocenters. The number of benzene rings is 2. The largest absolute Gasteiger partial charge is 0.478 e. The van der Waals surface area contributed by atoms with Crippen LogP contribution < -0.4 is 5.32 Å². The maximum Gasteiger partial charge on any atom is 0.335 e. The Balaban J connectivity index is 1.56. The average Bonchev–Trinajstić information content (AvgIpc) is 3.51. The summed E-state index contributed by atoms with van der Waals surface area (Å²) in [5, 5.41) is 14.1. The Labute approximate surface area is 210 Å². The third-order valence-electron chi connectivity index (χ3n) is 6.82. The summed E-state index contributed by atoms with van der Waals surface area (Å²) in [6, 6.07) is 13.8. The molecule has 0 spiro atoms. The molecule has 180 valence electrons. The van der Waals surface area contributed by atoms with Gasteiger partial charge in [-0.15, -0.1) is 0 Å². The van der Waals surface area contributed by atoms with Crippen LogP contribution in [0.15, 0.2) is 70.4 Å². The minimum atomic E-state index is -1.08. The smallest absolute Gasteiger partial charge is 0.335 e. The Bertz CT molecular complexity index is 1660. The van der Waals surface area contributed by atoms with E-state index in [1.807, 2.05) is 36.0 Å². The van der Waals surface area contributed by atoms with Crippen LogP contribution in [0.2, 0.25) is 5.02 Å². The Kier molecular flexibility index (Phi) is 4.84. The first kappa shape index (κ1) is 22.2. The molecular formula is C27H20ClN3O5. The number of carbonyl (C=O) groups excluding carboxylic acids is 2. The van der Waals surface area contributed by atoms with Crippen LogP contribution in [0.25, 0.3) is 22.2 Å². The second-order valence-corrected chi connectivity index (χ2v) is 9.36. The van der Waals surface area contributed by atoms with Crippen LogP contribution in [0.4, 0.5) is 5.69 Å². The van der Waals surface area contributed by atoms with Crippen molar-refractivity contribution in [2.24, 2.45) is 7.05 Å². The van der Waals surface area contributed by atoms with E-state index in [-0.39, 0.29) is 23.9 Å². The molecule has 0 fully saturated rings. The van der Waals surface area contributed by atoms with Gasteiger partial charge >= 0.3 is 5.97 Å². The third kappa shape index (κ3) is 3.18. The van der Waals surface area contributed by atoms with Crippen molar-refractivity contribution in [3.05, 3.63) is 87.9 Å². The Morgan fingerprint density at radius 2 is 1.97 bits per heavy atom. The van der Waals surface area contributed by atoms with E-state index in [4.69, 9.17) is 16.0 Å². The van der Waals surface area contributed by atoms with E-state index in [0.29, 0.717) is 33.4 Å². The summed E-state index contributed by atoms with van der Waals surface area (Å²) in [6.45, 7) is 1.52. The minimum Gasteiger partial charge on any atom is -0.478 e. The molecule has 0 saturated heterocycles. The summed E-state index contributed by atoms with van der Waals surface area (Å²) in [6.07, 6.45) is 1.97. The van der Waals surface area contributed by atoms with Gasteiger partial charge in [0.05, 0.1) is 34.1 Å². The van der Waals surface area contributed by atoms with Gasteiger partial charge in [-0.25, -0.2) is 4.79 Å². The second-order valence-electron chi connectivity index (χ2n) is 8.96. The first-order chi connectivity index (χ1) is 17.2. The number of furan rings is 1. The number of rotatable bonds is 3. The molecule has 0 aliphatic carbocycles. The van der Waals surface area contributed by atoms with Gasteiger partial charge in [-0.3, -0.25) is 14.5 Å².